The van der Waals surface area contributed by atoms with Crippen LogP contribution in [0.1, 0.15) is 5.56 Å². The average molecular weight is 265 g/mol. The monoisotopic (exact) mass is 264 g/mol. The van der Waals surface area contributed by atoms with E-state index in [4.69, 9.17) is 23.2 Å². The van der Waals surface area contributed by atoms with Gasteiger partial charge in [0.05, 0.1) is 0 Å². The van der Waals surface area contributed by atoms with Gasteiger partial charge in [-0.15, -0.1) is 0 Å². The summed E-state index contributed by atoms with van der Waals surface area (Å²) in [6.45, 7) is 0. The molecule has 2 rings (SSSR count). The molecule has 0 radical (unpaired) electrons. The average Bonchev–Trinajstić information content (AvgIpc) is 2.32. The fourth-order valence-corrected chi connectivity index (χ4v) is 2.10. The number of benzene rings is 2. The van der Waals surface area contributed by atoms with E-state index >= 15 is 0 Å². The van der Waals surface area contributed by atoms with Gasteiger partial charge in [-0.3, -0.25) is 0 Å². The maximum absolute atomic E-state index is 10.7. The minimum atomic E-state index is 0.374. The molecule has 0 saturated carbocycles. The molecule has 0 atom stereocenters. The third-order valence-electron chi connectivity index (χ3n) is 2.51. The molecule has 86 valence electrons. The van der Waals surface area contributed by atoms with E-state index in [9.17, 15) is 4.79 Å². The van der Waals surface area contributed by atoms with E-state index in [0.717, 1.165) is 23.0 Å². The first-order chi connectivity index (χ1) is 8.20. The van der Waals surface area contributed by atoms with Crippen molar-refractivity contribution in [2.75, 3.05) is 0 Å². The summed E-state index contributed by atoms with van der Waals surface area (Å²) in [4.78, 5) is 10.7. The lowest BCUT2D eigenvalue weighted by Gasteiger charge is -2.08. The highest BCUT2D eigenvalue weighted by molar-refractivity contribution is 6.31. The maximum atomic E-state index is 10.7. The zero-order valence-corrected chi connectivity index (χ0v) is 10.5. The number of carbonyl (C=O) groups is 1. The van der Waals surface area contributed by atoms with E-state index in [-0.39, 0.29) is 0 Å². The summed E-state index contributed by atoms with van der Waals surface area (Å²) in [5.74, 6) is 0. The van der Waals surface area contributed by atoms with Gasteiger partial charge in [-0.05, 0) is 41.0 Å². The SMILES string of the molecule is O=CCc1ccc(Cl)cc1-c1cccc(Cl)c1. The number of hydrogen-bond acceptors (Lipinski definition) is 1. The Morgan fingerprint density at radius 2 is 1.76 bits per heavy atom. The van der Waals surface area contributed by atoms with Crippen molar-refractivity contribution in [1.29, 1.82) is 0 Å². The first-order valence-corrected chi connectivity index (χ1v) is 5.94. The Bertz CT molecular complexity index is 550. The molecule has 0 aromatic heterocycles. The van der Waals surface area contributed by atoms with Gasteiger partial charge < -0.3 is 4.79 Å². The summed E-state index contributed by atoms with van der Waals surface area (Å²) in [7, 11) is 0. The zero-order valence-electron chi connectivity index (χ0n) is 8.99. The molecule has 1 nitrogen and oxygen atoms in total. The van der Waals surface area contributed by atoms with Gasteiger partial charge in [0.25, 0.3) is 0 Å². The molecule has 0 amide bonds. The topological polar surface area (TPSA) is 17.1 Å². The normalized spacial score (nSPS) is 10.2. The van der Waals surface area contributed by atoms with Crippen LogP contribution in [0.25, 0.3) is 11.1 Å². The Morgan fingerprint density at radius 1 is 1.00 bits per heavy atom. The quantitative estimate of drug-likeness (QED) is 0.751. The highest BCUT2D eigenvalue weighted by Gasteiger charge is 2.06. The second-order valence-electron chi connectivity index (χ2n) is 3.68. The lowest BCUT2D eigenvalue weighted by molar-refractivity contribution is -0.107. The smallest absolute Gasteiger partial charge is 0.124 e. The molecule has 0 bridgehead atoms. The molecule has 2 aromatic carbocycles. The van der Waals surface area contributed by atoms with E-state index in [2.05, 4.69) is 0 Å². The first kappa shape index (κ1) is 12.2. The van der Waals surface area contributed by atoms with Gasteiger partial charge >= 0.3 is 0 Å². The van der Waals surface area contributed by atoms with Gasteiger partial charge in [-0.1, -0.05) is 41.4 Å². The summed E-state index contributed by atoms with van der Waals surface area (Å²) >= 11 is 11.9. The van der Waals surface area contributed by atoms with Gasteiger partial charge in [-0.25, -0.2) is 0 Å². The van der Waals surface area contributed by atoms with Gasteiger partial charge in [0.2, 0.25) is 0 Å². The zero-order chi connectivity index (χ0) is 12.3. The minimum absolute atomic E-state index is 0.374. The second-order valence-corrected chi connectivity index (χ2v) is 4.56. The molecule has 0 aliphatic heterocycles. The number of aldehydes is 1. The molecular weight excluding hydrogens is 255 g/mol. The van der Waals surface area contributed by atoms with Crippen LogP contribution in [0.3, 0.4) is 0 Å². The number of rotatable bonds is 3. The molecular formula is C14H10Cl2O. The maximum Gasteiger partial charge on any atom is 0.124 e. The highest BCUT2D eigenvalue weighted by Crippen LogP contribution is 2.28. The highest BCUT2D eigenvalue weighted by atomic mass is 35.5. The van der Waals surface area contributed by atoms with Crippen molar-refractivity contribution in [3.63, 3.8) is 0 Å². The molecule has 0 heterocycles. The van der Waals surface area contributed by atoms with Crippen molar-refractivity contribution in [2.45, 2.75) is 6.42 Å². The third kappa shape index (κ3) is 2.87. The third-order valence-corrected chi connectivity index (χ3v) is 2.98. The molecule has 0 N–H and O–H groups in total. The fraction of sp³-hybridized carbons (Fsp3) is 0.0714. The predicted molar refractivity (Wildman–Crippen MR) is 71.7 cm³/mol. The van der Waals surface area contributed by atoms with Crippen molar-refractivity contribution in [3.8, 4) is 11.1 Å². The Kier molecular flexibility index (Phi) is 3.82. The minimum Gasteiger partial charge on any atom is -0.303 e. The van der Waals surface area contributed by atoms with E-state index in [1.165, 1.54) is 0 Å². The van der Waals surface area contributed by atoms with Crippen molar-refractivity contribution in [3.05, 3.63) is 58.1 Å². The van der Waals surface area contributed by atoms with Crippen LogP contribution >= 0.6 is 23.2 Å². The Hall–Kier alpha value is -1.31. The fourth-order valence-electron chi connectivity index (χ4n) is 1.74. The first-order valence-electron chi connectivity index (χ1n) is 5.18. The largest absolute Gasteiger partial charge is 0.303 e. The van der Waals surface area contributed by atoms with Crippen LogP contribution in [0, 0.1) is 0 Å². The lowest BCUT2D eigenvalue weighted by Crippen LogP contribution is -1.91. The van der Waals surface area contributed by atoms with Crippen molar-refractivity contribution in [2.24, 2.45) is 0 Å². The second kappa shape index (κ2) is 5.35. The molecule has 0 fully saturated rings. The van der Waals surface area contributed by atoms with Crippen LogP contribution in [0.4, 0.5) is 0 Å². The molecule has 0 aliphatic carbocycles. The van der Waals surface area contributed by atoms with Crippen LogP contribution in [0.2, 0.25) is 10.0 Å². The molecule has 0 spiro atoms. The Balaban J connectivity index is 2.56. The van der Waals surface area contributed by atoms with E-state index in [1.807, 2.05) is 36.4 Å². The number of carbonyl (C=O) groups excluding carboxylic acids is 1. The van der Waals surface area contributed by atoms with Gasteiger partial charge in [0.15, 0.2) is 0 Å². The van der Waals surface area contributed by atoms with Gasteiger partial charge in [0.1, 0.15) is 6.29 Å². The molecule has 0 aliphatic rings. The lowest BCUT2D eigenvalue weighted by atomic mass is 9.98. The van der Waals surface area contributed by atoms with Crippen LogP contribution in [-0.2, 0) is 11.2 Å². The van der Waals surface area contributed by atoms with Crippen molar-refractivity contribution >= 4 is 29.5 Å². The summed E-state index contributed by atoms with van der Waals surface area (Å²) in [5, 5.41) is 1.31. The van der Waals surface area contributed by atoms with Crippen LogP contribution in [0.15, 0.2) is 42.5 Å². The summed E-state index contributed by atoms with van der Waals surface area (Å²) < 4.78 is 0. The van der Waals surface area contributed by atoms with Crippen LogP contribution in [0.5, 0.6) is 0 Å². The molecule has 2 aromatic rings. The Morgan fingerprint density at radius 3 is 2.47 bits per heavy atom. The van der Waals surface area contributed by atoms with Gasteiger partial charge in [0, 0.05) is 16.5 Å². The van der Waals surface area contributed by atoms with Crippen LogP contribution < -0.4 is 0 Å². The Labute approximate surface area is 110 Å². The standard InChI is InChI=1S/C14H10Cl2O/c15-12-3-1-2-11(8-12)14-9-13(16)5-4-10(14)6-7-17/h1-5,7-9H,6H2. The molecule has 3 heteroatoms. The summed E-state index contributed by atoms with van der Waals surface area (Å²) in [5.41, 5.74) is 2.87. The van der Waals surface area contributed by atoms with Crippen molar-refractivity contribution in [1.82, 2.24) is 0 Å². The van der Waals surface area contributed by atoms with E-state index in [1.54, 1.807) is 6.07 Å². The summed E-state index contributed by atoms with van der Waals surface area (Å²) in [6.07, 6.45) is 1.26. The van der Waals surface area contributed by atoms with Crippen molar-refractivity contribution < 1.29 is 4.79 Å². The molecule has 0 saturated heterocycles. The predicted octanol–water partition coefficient (Wildman–Crippen LogP) is 4.40. The number of hydrogen-bond donors (Lipinski definition) is 0. The van der Waals surface area contributed by atoms with Gasteiger partial charge in [-0.2, -0.15) is 0 Å². The van der Waals surface area contributed by atoms with Crippen LogP contribution in [-0.4, -0.2) is 6.29 Å². The molecule has 17 heavy (non-hydrogen) atoms. The van der Waals surface area contributed by atoms with E-state index in [0.29, 0.717) is 16.5 Å². The van der Waals surface area contributed by atoms with E-state index < -0.39 is 0 Å². The summed E-state index contributed by atoms with van der Waals surface area (Å²) in [6, 6.07) is 13.0. The molecule has 0 unspecified atom stereocenters. The number of halogens is 2.